The molecule has 0 spiro atoms. The Hall–Kier alpha value is -0.960. The Labute approximate surface area is 85.0 Å². The molecule has 78 valence electrons. The van der Waals surface area contributed by atoms with E-state index in [1.807, 2.05) is 36.3 Å². The maximum atomic E-state index is 5.39. The fourth-order valence-corrected chi connectivity index (χ4v) is 2.11. The minimum Gasteiger partial charge on any atom is -0.381 e. The van der Waals surface area contributed by atoms with Gasteiger partial charge in [0.15, 0.2) is 0 Å². The van der Waals surface area contributed by atoms with Crippen LogP contribution in [0.2, 0.25) is 0 Å². The van der Waals surface area contributed by atoms with Crippen LogP contribution in [-0.2, 0) is 4.74 Å². The molecule has 0 saturated heterocycles. The van der Waals surface area contributed by atoms with E-state index in [2.05, 4.69) is 5.43 Å². The van der Waals surface area contributed by atoms with Crippen molar-refractivity contribution in [2.45, 2.75) is 37.8 Å². The summed E-state index contributed by atoms with van der Waals surface area (Å²) in [5.41, 5.74) is 3.46. The molecular weight excluding hydrogens is 176 g/mol. The molecule has 2 atom stereocenters. The molecule has 1 N–H and O–H groups in total. The Bertz CT molecular complexity index is 258. The van der Waals surface area contributed by atoms with E-state index in [1.54, 1.807) is 0 Å². The zero-order chi connectivity index (χ0) is 9.80. The van der Waals surface area contributed by atoms with Crippen molar-refractivity contribution in [3.63, 3.8) is 0 Å². The van der Waals surface area contributed by atoms with Gasteiger partial charge in [0.05, 0.1) is 6.10 Å². The number of hydrogen-bond donors (Lipinski definition) is 1. The van der Waals surface area contributed by atoms with Crippen molar-refractivity contribution in [3.05, 3.63) is 24.5 Å². The molecule has 1 saturated carbocycles. The van der Waals surface area contributed by atoms with Gasteiger partial charge in [-0.25, -0.2) is 0 Å². The smallest absolute Gasteiger partial charge is 0.0591 e. The number of hydrogen-bond acceptors (Lipinski definition) is 2. The van der Waals surface area contributed by atoms with Crippen LogP contribution in [0.1, 0.15) is 25.7 Å². The van der Waals surface area contributed by atoms with E-state index >= 15 is 0 Å². The number of methoxy groups -OCH3 is 1. The van der Waals surface area contributed by atoms with Crippen molar-refractivity contribution >= 4 is 0 Å². The van der Waals surface area contributed by atoms with Crippen molar-refractivity contribution in [3.8, 4) is 0 Å². The first-order chi connectivity index (χ1) is 6.88. The summed E-state index contributed by atoms with van der Waals surface area (Å²) in [6.07, 6.45) is 9.36. The molecule has 3 heteroatoms. The average Bonchev–Trinajstić information content (AvgIpc) is 2.71. The third-order valence-corrected chi connectivity index (χ3v) is 2.90. The van der Waals surface area contributed by atoms with Crippen LogP contribution in [0.5, 0.6) is 0 Å². The van der Waals surface area contributed by atoms with Gasteiger partial charge in [-0.1, -0.05) is 0 Å². The molecule has 0 radical (unpaired) electrons. The van der Waals surface area contributed by atoms with Gasteiger partial charge in [-0.3, -0.25) is 4.68 Å². The Kier molecular flexibility index (Phi) is 3.09. The Morgan fingerprint density at radius 3 is 2.79 bits per heavy atom. The lowest BCUT2D eigenvalue weighted by Crippen LogP contribution is -2.34. The molecule has 1 aromatic rings. The van der Waals surface area contributed by atoms with Crippen LogP contribution >= 0.6 is 0 Å². The first-order valence-electron chi connectivity index (χ1n) is 5.31. The highest BCUT2D eigenvalue weighted by atomic mass is 16.5. The van der Waals surface area contributed by atoms with Gasteiger partial charge in [-0.2, -0.15) is 0 Å². The number of rotatable bonds is 3. The molecule has 0 aromatic carbocycles. The van der Waals surface area contributed by atoms with E-state index < -0.39 is 0 Å². The second-order valence-electron chi connectivity index (χ2n) is 3.94. The highest BCUT2D eigenvalue weighted by Crippen LogP contribution is 2.21. The number of aromatic nitrogens is 1. The van der Waals surface area contributed by atoms with Crippen molar-refractivity contribution in [1.29, 1.82) is 0 Å². The van der Waals surface area contributed by atoms with Gasteiger partial charge >= 0.3 is 0 Å². The summed E-state index contributed by atoms with van der Waals surface area (Å²) in [6.45, 7) is 0. The predicted octanol–water partition coefficient (Wildman–Crippen LogP) is 1.99. The van der Waals surface area contributed by atoms with E-state index in [0.29, 0.717) is 12.1 Å². The van der Waals surface area contributed by atoms with E-state index in [0.717, 1.165) is 6.42 Å². The topological polar surface area (TPSA) is 26.2 Å². The highest BCUT2D eigenvalue weighted by Gasteiger charge is 2.21. The van der Waals surface area contributed by atoms with Gasteiger partial charge in [0.1, 0.15) is 0 Å². The Morgan fingerprint density at radius 2 is 2.07 bits per heavy atom. The standard InChI is InChI=1S/C11H18N2O/c1-14-11-6-4-5-10(9-11)12-13-7-2-3-8-13/h2-3,7-8,10-12H,4-6,9H2,1H3. The minimum atomic E-state index is 0.441. The molecule has 1 aliphatic carbocycles. The van der Waals surface area contributed by atoms with E-state index in [-0.39, 0.29) is 0 Å². The van der Waals surface area contributed by atoms with Gasteiger partial charge in [-0.15, -0.1) is 0 Å². The quantitative estimate of drug-likeness (QED) is 0.796. The van der Waals surface area contributed by atoms with Crippen LogP contribution < -0.4 is 5.43 Å². The van der Waals surface area contributed by atoms with Crippen LogP contribution in [0.4, 0.5) is 0 Å². The van der Waals surface area contributed by atoms with Gasteiger partial charge in [0, 0.05) is 25.5 Å². The largest absolute Gasteiger partial charge is 0.381 e. The molecule has 2 rings (SSSR count). The first kappa shape index (κ1) is 9.59. The van der Waals surface area contributed by atoms with E-state index in [9.17, 15) is 0 Å². The van der Waals surface area contributed by atoms with Gasteiger partial charge < -0.3 is 10.2 Å². The van der Waals surface area contributed by atoms with Crippen LogP contribution in [0.3, 0.4) is 0 Å². The highest BCUT2D eigenvalue weighted by molar-refractivity contribution is 4.96. The van der Waals surface area contributed by atoms with Crippen LogP contribution in [0.25, 0.3) is 0 Å². The molecule has 1 heterocycles. The zero-order valence-electron chi connectivity index (χ0n) is 8.65. The summed E-state index contributed by atoms with van der Waals surface area (Å²) in [4.78, 5) is 0. The summed E-state index contributed by atoms with van der Waals surface area (Å²) in [6, 6.07) is 4.62. The van der Waals surface area contributed by atoms with Crippen molar-refractivity contribution in [1.82, 2.24) is 4.68 Å². The first-order valence-corrected chi connectivity index (χ1v) is 5.31. The lowest BCUT2D eigenvalue weighted by Gasteiger charge is -2.29. The molecule has 1 fully saturated rings. The number of ether oxygens (including phenoxy) is 1. The van der Waals surface area contributed by atoms with Crippen LogP contribution in [-0.4, -0.2) is 23.9 Å². The Balaban J connectivity index is 1.86. The molecule has 1 aliphatic rings. The van der Waals surface area contributed by atoms with Gasteiger partial charge in [0.2, 0.25) is 0 Å². The summed E-state index contributed by atoms with van der Waals surface area (Å²) in [5.74, 6) is 0. The third kappa shape index (κ3) is 2.29. The SMILES string of the molecule is COC1CCCC(Nn2cccc2)C1. The minimum absolute atomic E-state index is 0.441. The maximum absolute atomic E-state index is 5.39. The molecule has 3 nitrogen and oxygen atoms in total. The van der Waals surface area contributed by atoms with Gasteiger partial charge in [-0.05, 0) is 37.8 Å². The average molecular weight is 194 g/mol. The summed E-state index contributed by atoms with van der Waals surface area (Å²) in [5, 5.41) is 0. The molecular formula is C11H18N2O. The van der Waals surface area contributed by atoms with E-state index in [1.165, 1.54) is 19.3 Å². The fraction of sp³-hybridized carbons (Fsp3) is 0.636. The van der Waals surface area contributed by atoms with Crippen LogP contribution in [0, 0.1) is 0 Å². The van der Waals surface area contributed by atoms with Crippen LogP contribution in [0.15, 0.2) is 24.5 Å². The lowest BCUT2D eigenvalue weighted by molar-refractivity contribution is 0.0654. The summed E-state index contributed by atoms with van der Waals surface area (Å²) < 4.78 is 7.42. The molecule has 0 aliphatic heterocycles. The monoisotopic (exact) mass is 194 g/mol. The molecule has 1 aromatic heterocycles. The fourth-order valence-electron chi connectivity index (χ4n) is 2.11. The van der Waals surface area contributed by atoms with E-state index in [4.69, 9.17) is 4.74 Å². The summed E-state index contributed by atoms with van der Waals surface area (Å²) in [7, 11) is 1.81. The van der Waals surface area contributed by atoms with Crippen molar-refractivity contribution < 1.29 is 4.74 Å². The molecule has 14 heavy (non-hydrogen) atoms. The molecule has 0 amide bonds. The Morgan fingerprint density at radius 1 is 1.29 bits per heavy atom. The number of nitrogens with zero attached hydrogens (tertiary/aromatic N) is 1. The molecule has 0 bridgehead atoms. The maximum Gasteiger partial charge on any atom is 0.0591 e. The van der Waals surface area contributed by atoms with Crippen molar-refractivity contribution in [2.75, 3.05) is 12.5 Å². The predicted molar refractivity (Wildman–Crippen MR) is 56.8 cm³/mol. The summed E-state index contributed by atoms with van der Waals surface area (Å²) >= 11 is 0. The molecule has 2 unspecified atom stereocenters. The number of nitrogens with one attached hydrogen (secondary N) is 1. The second-order valence-corrected chi connectivity index (χ2v) is 3.94. The second kappa shape index (κ2) is 4.51. The normalized spacial score (nSPS) is 27.5. The lowest BCUT2D eigenvalue weighted by atomic mass is 9.93. The third-order valence-electron chi connectivity index (χ3n) is 2.90. The van der Waals surface area contributed by atoms with Crippen molar-refractivity contribution in [2.24, 2.45) is 0 Å². The zero-order valence-corrected chi connectivity index (χ0v) is 8.65. The van der Waals surface area contributed by atoms with Gasteiger partial charge in [0.25, 0.3) is 0 Å².